The van der Waals surface area contributed by atoms with Gasteiger partial charge >= 0.3 is 6.03 Å². The standard InChI is InChI=1S/C22H25F2N5O/c1-12-6-14(4-5-25-12)21-16-8-15-11-29(10-13-2-3-17(23)18(24)7-13)22(30)26-19(15)9-20(16)27-28-21/h2-7,15-16,19-21,27-28H,8-11H2,1H3,(H,26,30). The third-order valence-corrected chi connectivity index (χ3v) is 6.71. The summed E-state index contributed by atoms with van der Waals surface area (Å²) in [5.41, 5.74) is 9.67. The van der Waals surface area contributed by atoms with Crippen LogP contribution in [0.5, 0.6) is 0 Å². The Morgan fingerprint density at radius 3 is 2.77 bits per heavy atom. The van der Waals surface area contributed by atoms with Crippen LogP contribution < -0.4 is 16.2 Å². The lowest BCUT2D eigenvalue weighted by Crippen LogP contribution is -2.60. The van der Waals surface area contributed by atoms with Gasteiger partial charge < -0.3 is 10.2 Å². The highest BCUT2D eigenvalue weighted by atomic mass is 19.2. The molecule has 0 spiro atoms. The lowest BCUT2D eigenvalue weighted by Gasteiger charge is -2.45. The minimum Gasteiger partial charge on any atom is -0.335 e. The van der Waals surface area contributed by atoms with Gasteiger partial charge in [-0.05, 0) is 67.0 Å². The van der Waals surface area contributed by atoms with E-state index in [-0.39, 0.29) is 24.7 Å². The number of aromatic nitrogens is 1. The number of fused-ring (bicyclic) bond motifs is 2. The Morgan fingerprint density at radius 1 is 1.10 bits per heavy atom. The van der Waals surface area contributed by atoms with E-state index in [4.69, 9.17) is 0 Å². The first-order valence-electron chi connectivity index (χ1n) is 10.4. The van der Waals surface area contributed by atoms with Crippen LogP contribution in [0.2, 0.25) is 0 Å². The second-order valence-corrected chi connectivity index (χ2v) is 8.68. The summed E-state index contributed by atoms with van der Waals surface area (Å²) >= 11 is 0. The number of nitrogens with zero attached hydrogens (tertiary/aromatic N) is 2. The van der Waals surface area contributed by atoms with Crippen LogP contribution in [0.3, 0.4) is 0 Å². The SMILES string of the molecule is Cc1cc(C2NNC3CC4NC(=O)N(Cc5ccc(F)c(F)c5)CC4CC32)ccn1. The van der Waals surface area contributed by atoms with Crippen molar-refractivity contribution in [3.8, 4) is 0 Å². The van der Waals surface area contributed by atoms with E-state index in [1.54, 1.807) is 4.90 Å². The highest BCUT2D eigenvalue weighted by Crippen LogP contribution is 2.42. The van der Waals surface area contributed by atoms with E-state index in [0.29, 0.717) is 30.0 Å². The number of nitrogens with one attached hydrogen (secondary N) is 3. The summed E-state index contributed by atoms with van der Waals surface area (Å²) in [6, 6.07) is 8.44. The molecule has 8 heteroatoms. The maximum absolute atomic E-state index is 13.6. The fourth-order valence-electron chi connectivity index (χ4n) is 5.24. The summed E-state index contributed by atoms with van der Waals surface area (Å²) in [6.45, 7) is 2.87. The number of benzene rings is 1. The van der Waals surface area contributed by atoms with Crippen LogP contribution in [-0.4, -0.2) is 34.5 Å². The average molecular weight is 413 g/mol. The van der Waals surface area contributed by atoms with Crippen molar-refractivity contribution in [1.29, 1.82) is 0 Å². The van der Waals surface area contributed by atoms with Crippen LogP contribution >= 0.6 is 0 Å². The van der Waals surface area contributed by atoms with Crippen LogP contribution in [0.1, 0.15) is 35.7 Å². The zero-order chi connectivity index (χ0) is 20.8. The molecule has 2 aliphatic heterocycles. The lowest BCUT2D eigenvalue weighted by atomic mass is 9.71. The van der Waals surface area contributed by atoms with Crippen molar-refractivity contribution in [2.45, 2.75) is 44.4 Å². The summed E-state index contributed by atoms with van der Waals surface area (Å²) in [6.07, 6.45) is 3.68. The topological polar surface area (TPSA) is 69.3 Å². The Balaban J connectivity index is 1.31. The van der Waals surface area contributed by atoms with Gasteiger partial charge in [-0.1, -0.05) is 6.07 Å². The van der Waals surface area contributed by atoms with E-state index in [9.17, 15) is 13.6 Å². The maximum Gasteiger partial charge on any atom is 0.317 e. The number of hydrazine groups is 1. The summed E-state index contributed by atoms with van der Waals surface area (Å²) in [7, 11) is 0. The number of halogens is 2. The number of hydrogen-bond donors (Lipinski definition) is 3. The van der Waals surface area contributed by atoms with E-state index in [2.05, 4.69) is 33.3 Å². The largest absolute Gasteiger partial charge is 0.335 e. The fraction of sp³-hybridized carbons (Fsp3) is 0.455. The zero-order valence-electron chi connectivity index (χ0n) is 16.7. The molecule has 3 heterocycles. The van der Waals surface area contributed by atoms with Crippen molar-refractivity contribution in [2.75, 3.05) is 6.54 Å². The molecule has 3 N–H and O–H groups in total. The third kappa shape index (κ3) is 3.54. The Morgan fingerprint density at radius 2 is 1.97 bits per heavy atom. The molecule has 0 radical (unpaired) electrons. The van der Waals surface area contributed by atoms with Gasteiger partial charge in [-0.2, -0.15) is 0 Å². The van der Waals surface area contributed by atoms with Crippen LogP contribution in [-0.2, 0) is 6.54 Å². The molecule has 5 rings (SSSR count). The number of hydrogen-bond acceptors (Lipinski definition) is 4. The molecule has 158 valence electrons. The van der Waals surface area contributed by atoms with Gasteiger partial charge in [-0.15, -0.1) is 0 Å². The van der Waals surface area contributed by atoms with Crippen LogP contribution in [0, 0.1) is 30.4 Å². The van der Waals surface area contributed by atoms with E-state index in [0.717, 1.165) is 30.7 Å². The Kier molecular flexibility index (Phi) is 4.91. The molecule has 2 amide bonds. The normalized spacial score (nSPS) is 30.6. The van der Waals surface area contributed by atoms with Crippen molar-refractivity contribution in [3.63, 3.8) is 0 Å². The van der Waals surface area contributed by atoms with Crippen LogP contribution in [0.4, 0.5) is 13.6 Å². The molecule has 2 saturated heterocycles. The predicted molar refractivity (Wildman–Crippen MR) is 107 cm³/mol. The van der Waals surface area contributed by atoms with Gasteiger partial charge in [0.15, 0.2) is 11.6 Å². The molecule has 30 heavy (non-hydrogen) atoms. The van der Waals surface area contributed by atoms with E-state index >= 15 is 0 Å². The number of carbonyl (C=O) groups is 1. The van der Waals surface area contributed by atoms with Crippen LogP contribution in [0.25, 0.3) is 0 Å². The number of carbonyl (C=O) groups excluding carboxylic acids is 1. The molecular weight excluding hydrogens is 388 g/mol. The Labute approximate surface area is 174 Å². The molecule has 0 bridgehead atoms. The van der Waals surface area contributed by atoms with Crippen molar-refractivity contribution >= 4 is 6.03 Å². The molecular formula is C22H25F2N5O. The maximum atomic E-state index is 13.6. The highest BCUT2D eigenvalue weighted by molar-refractivity contribution is 5.75. The third-order valence-electron chi connectivity index (χ3n) is 6.71. The molecule has 3 aliphatic rings. The van der Waals surface area contributed by atoms with Crippen molar-refractivity contribution < 1.29 is 13.6 Å². The van der Waals surface area contributed by atoms with Gasteiger partial charge in [0, 0.05) is 37.1 Å². The fourth-order valence-corrected chi connectivity index (χ4v) is 5.24. The smallest absolute Gasteiger partial charge is 0.317 e. The Hall–Kier alpha value is -2.58. The second kappa shape index (κ2) is 7.59. The first kappa shape index (κ1) is 19.4. The minimum absolute atomic E-state index is 0.118. The van der Waals surface area contributed by atoms with Gasteiger partial charge in [0.05, 0.1) is 6.04 Å². The molecule has 5 atom stereocenters. The summed E-state index contributed by atoms with van der Waals surface area (Å²) < 4.78 is 26.8. The number of aryl methyl sites for hydroxylation is 1. The van der Waals surface area contributed by atoms with Gasteiger partial charge in [0.2, 0.25) is 0 Å². The molecule has 1 aliphatic carbocycles. The van der Waals surface area contributed by atoms with Gasteiger partial charge in [-0.25, -0.2) is 19.0 Å². The molecule has 5 unspecified atom stereocenters. The first-order chi connectivity index (χ1) is 14.5. The molecule has 3 fully saturated rings. The molecule has 1 aromatic carbocycles. The number of urea groups is 1. The molecule has 2 aromatic rings. The molecule has 1 saturated carbocycles. The molecule has 6 nitrogen and oxygen atoms in total. The lowest BCUT2D eigenvalue weighted by molar-refractivity contribution is 0.0961. The predicted octanol–water partition coefficient (Wildman–Crippen LogP) is 2.81. The van der Waals surface area contributed by atoms with Gasteiger partial charge in [0.25, 0.3) is 0 Å². The first-order valence-corrected chi connectivity index (χ1v) is 10.4. The second-order valence-electron chi connectivity index (χ2n) is 8.68. The van der Waals surface area contributed by atoms with Crippen molar-refractivity contribution in [1.82, 2.24) is 26.1 Å². The van der Waals surface area contributed by atoms with Crippen molar-refractivity contribution in [2.24, 2.45) is 11.8 Å². The average Bonchev–Trinajstić information content (AvgIpc) is 3.12. The monoisotopic (exact) mass is 413 g/mol. The number of amides is 2. The summed E-state index contributed by atoms with van der Waals surface area (Å²) in [5, 5.41) is 3.13. The van der Waals surface area contributed by atoms with E-state index in [1.165, 1.54) is 11.6 Å². The molecule has 1 aromatic heterocycles. The zero-order valence-corrected chi connectivity index (χ0v) is 16.7. The van der Waals surface area contributed by atoms with E-state index < -0.39 is 11.6 Å². The van der Waals surface area contributed by atoms with E-state index in [1.807, 2.05) is 13.1 Å². The van der Waals surface area contributed by atoms with Gasteiger partial charge in [-0.3, -0.25) is 10.4 Å². The van der Waals surface area contributed by atoms with Gasteiger partial charge in [0.1, 0.15) is 0 Å². The highest BCUT2D eigenvalue weighted by Gasteiger charge is 2.47. The number of rotatable bonds is 3. The Bertz CT molecular complexity index is 970. The number of pyridine rings is 1. The summed E-state index contributed by atoms with van der Waals surface area (Å²) in [4.78, 5) is 18.6. The minimum atomic E-state index is -0.887. The van der Waals surface area contributed by atoms with Crippen molar-refractivity contribution in [3.05, 3.63) is 65.0 Å². The quantitative estimate of drug-likeness (QED) is 0.724. The summed E-state index contributed by atoms with van der Waals surface area (Å²) in [5.74, 6) is -1.05. The van der Waals surface area contributed by atoms with Crippen LogP contribution in [0.15, 0.2) is 36.5 Å².